The van der Waals surface area contributed by atoms with Crippen LogP contribution < -0.4 is 5.73 Å². The first-order valence-electron chi connectivity index (χ1n) is 3.96. The fraction of sp³-hybridized carbons (Fsp3) is 0.222. The predicted octanol–water partition coefficient (Wildman–Crippen LogP) is 2.63. The van der Waals surface area contributed by atoms with Gasteiger partial charge in [0.1, 0.15) is 0 Å². The van der Waals surface area contributed by atoms with E-state index < -0.39 is 6.09 Å². The Bertz CT molecular complexity index is 342. The molecule has 0 aliphatic rings. The largest absolute Gasteiger partial charge is 0.449 e. The van der Waals surface area contributed by atoms with Crippen LogP contribution in [0.3, 0.4) is 0 Å². The number of benzene rings is 1. The third-order valence-electron chi connectivity index (χ3n) is 1.62. The van der Waals surface area contributed by atoms with Gasteiger partial charge in [-0.25, -0.2) is 4.79 Å². The van der Waals surface area contributed by atoms with Crippen LogP contribution in [-0.2, 0) is 11.2 Å². The summed E-state index contributed by atoms with van der Waals surface area (Å²) in [5, 5.41) is 0.995. The molecule has 0 heterocycles. The lowest BCUT2D eigenvalue weighted by Gasteiger charge is -2.03. The molecule has 14 heavy (non-hydrogen) atoms. The summed E-state index contributed by atoms with van der Waals surface area (Å²) >= 11 is 11.5. The lowest BCUT2D eigenvalue weighted by molar-refractivity contribution is 0.158. The number of carbonyl (C=O) groups is 1. The summed E-state index contributed by atoms with van der Waals surface area (Å²) in [5.74, 6) is 0. The van der Waals surface area contributed by atoms with E-state index in [9.17, 15) is 4.79 Å². The molecule has 1 amide bonds. The molecule has 1 rings (SSSR count). The highest BCUT2D eigenvalue weighted by Crippen LogP contribution is 2.22. The molecule has 0 spiro atoms. The van der Waals surface area contributed by atoms with Gasteiger partial charge in [-0.1, -0.05) is 29.3 Å². The minimum Gasteiger partial charge on any atom is -0.449 e. The Balaban J connectivity index is 2.51. The number of carbonyl (C=O) groups excluding carboxylic acids is 1. The monoisotopic (exact) mass is 233 g/mol. The maximum atomic E-state index is 10.3. The molecule has 0 atom stereocenters. The molecule has 1 aromatic rings. The van der Waals surface area contributed by atoms with Crippen molar-refractivity contribution in [3.63, 3.8) is 0 Å². The molecular weight excluding hydrogens is 225 g/mol. The van der Waals surface area contributed by atoms with Gasteiger partial charge in [-0.3, -0.25) is 0 Å². The fourth-order valence-corrected chi connectivity index (χ4v) is 1.29. The lowest BCUT2D eigenvalue weighted by atomic mass is 10.2. The second-order valence-electron chi connectivity index (χ2n) is 2.67. The standard InChI is InChI=1S/C9H9Cl2NO2/c10-7-2-1-6(5-8(7)11)3-4-14-9(12)13/h1-2,5H,3-4H2,(H2,12,13). The summed E-state index contributed by atoms with van der Waals surface area (Å²) in [4.78, 5) is 10.3. The smallest absolute Gasteiger partial charge is 0.404 e. The zero-order valence-corrected chi connectivity index (χ0v) is 8.81. The van der Waals surface area contributed by atoms with Crippen molar-refractivity contribution in [2.45, 2.75) is 6.42 Å². The van der Waals surface area contributed by atoms with Gasteiger partial charge in [0.25, 0.3) is 0 Å². The molecular formula is C9H9Cl2NO2. The van der Waals surface area contributed by atoms with E-state index in [1.54, 1.807) is 12.1 Å². The second kappa shape index (κ2) is 5.08. The Morgan fingerprint density at radius 1 is 1.36 bits per heavy atom. The van der Waals surface area contributed by atoms with Crippen molar-refractivity contribution in [1.82, 2.24) is 0 Å². The Morgan fingerprint density at radius 2 is 2.07 bits per heavy atom. The summed E-state index contributed by atoms with van der Waals surface area (Å²) in [6, 6.07) is 5.25. The van der Waals surface area contributed by atoms with Crippen molar-refractivity contribution in [3.8, 4) is 0 Å². The molecule has 0 radical (unpaired) electrons. The van der Waals surface area contributed by atoms with Crippen molar-refractivity contribution in [2.24, 2.45) is 5.73 Å². The Morgan fingerprint density at radius 3 is 2.64 bits per heavy atom. The normalized spacial score (nSPS) is 9.86. The number of ether oxygens (including phenoxy) is 1. The molecule has 0 saturated heterocycles. The molecule has 0 aliphatic carbocycles. The van der Waals surface area contributed by atoms with Gasteiger partial charge >= 0.3 is 6.09 Å². The third kappa shape index (κ3) is 3.44. The summed E-state index contributed by atoms with van der Waals surface area (Å²) < 4.78 is 4.58. The molecule has 0 aromatic heterocycles. The molecule has 76 valence electrons. The van der Waals surface area contributed by atoms with E-state index in [0.717, 1.165) is 5.56 Å². The zero-order chi connectivity index (χ0) is 10.6. The fourth-order valence-electron chi connectivity index (χ4n) is 0.965. The maximum absolute atomic E-state index is 10.3. The van der Waals surface area contributed by atoms with Crippen molar-refractivity contribution in [3.05, 3.63) is 33.8 Å². The van der Waals surface area contributed by atoms with Gasteiger partial charge in [0.15, 0.2) is 0 Å². The van der Waals surface area contributed by atoms with Crippen LogP contribution in [0.25, 0.3) is 0 Å². The molecule has 0 bridgehead atoms. The van der Waals surface area contributed by atoms with E-state index in [2.05, 4.69) is 4.74 Å². The predicted molar refractivity (Wildman–Crippen MR) is 55.7 cm³/mol. The van der Waals surface area contributed by atoms with Crippen molar-refractivity contribution < 1.29 is 9.53 Å². The number of nitrogens with two attached hydrogens (primary N) is 1. The van der Waals surface area contributed by atoms with Crippen LogP contribution in [0, 0.1) is 0 Å². The van der Waals surface area contributed by atoms with Gasteiger partial charge in [-0.05, 0) is 17.7 Å². The van der Waals surface area contributed by atoms with E-state index in [1.165, 1.54) is 0 Å². The molecule has 2 N–H and O–H groups in total. The first-order valence-corrected chi connectivity index (χ1v) is 4.71. The molecule has 5 heteroatoms. The van der Waals surface area contributed by atoms with E-state index in [4.69, 9.17) is 28.9 Å². The number of primary amides is 1. The molecule has 0 saturated carbocycles. The summed E-state index contributed by atoms with van der Waals surface area (Å²) in [7, 11) is 0. The van der Waals surface area contributed by atoms with E-state index in [0.29, 0.717) is 16.5 Å². The average molecular weight is 234 g/mol. The Hall–Kier alpha value is -0.930. The first-order chi connectivity index (χ1) is 6.59. The van der Waals surface area contributed by atoms with Crippen LogP contribution in [0.1, 0.15) is 5.56 Å². The number of amides is 1. The second-order valence-corrected chi connectivity index (χ2v) is 3.48. The number of hydrogen-bond acceptors (Lipinski definition) is 2. The van der Waals surface area contributed by atoms with Gasteiger partial charge in [-0.15, -0.1) is 0 Å². The maximum Gasteiger partial charge on any atom is 0.404 e. The van der Waals surface area contributed by atoms with Crippen LogP contribution in [0.5, 0.6) is 0 Å². The molecule has 0 aliphatic heterocycles. The van der Waals surface area contributed by atoms with Crippen LogP contribution in [0.4, 0.5) is 4.79 Å². The quantitative estimate of drug-likeness (QED) is 0.873. The highest BCUT2D eigenvalue weighted by atomic mass is 35.5. The minimum atomic E-state index is -0.773. The summed E-state index contributed by atoms with van der Waals surface area (Å²) in [6.07, 6.45) is -0.204. The Labute approximate surface area is 91.7 Å². The van der Waals surface area contributed by atoms with E-state index >= 15 is 0 Å². The third-order valence-corrected chi connectivity index (χ3v) is 2.36. The van der Waals surface area contributed by atoms with Crippen LogP contribution in [0.15, 0.2) is 18.2 Å². The average Bonchev–Trinajstić information content (AvgIpc) is 2.10. The highest BCUT2D eigenvalue weighted by molar-refractivity contribution is 6.42. The van der Waals surface area contributed by atoms with Crippen molar-refractivity contribution >= 4 is 29.3 Å². The van der Waals surface area contributed by atoms with Gasteiger partial charge < -0.3 is 10.5 Å². The van der Waals surface area contributed by atoms with Crippen molar-refractivity contribution in [1.29, 1.82) is 0 Å². The lowest BCUT2D eigenvalue weighted by Crippen LogP contribution is -2.14. The molecule has 0 fully saturated rings. The van der Waals surface area contributed by atoms with Gasteiger partial charge in [-0.2, -0.15) is 0 Å². The van der Waals surface area contributed by atoms with Crippen LogP contribution in [0.2, 0.25) is 10.0 Å². The molecule has 0 unspecified atom stereocenters. The summed E-state index contributed by atoms with van der Waals surface area (Å²) in [5.41, 5.74) is 5.75. The number of rotatable bonds is 3. The van der Waals surface area contributed by atoms with E-state index in [1.807, 2.05) is 6.07 Å². The molecule has 3 nitrogen and oxygen atoms in total. The number of hydrogen-bond donors (Lipinski definition) is 1. The van der Waals surface area contributed by atoms with Gasteiger partial charge in [0.05, 0.1) is 16.7 Å². The highest BCUT2D eigenvalue weighted by Gasteiger charge is 2.00. The van der Waals surface area contributed by atoms with Gasteiger partial charge in [0.2, 0.25) is 0 Å². The Kier molecular flexibility index (Phi) is 4.04. The van der Waals surface area contributed by atoms with Gasteiger partial charge in [0, 0.05) is 6.42 Å². The van der Waals surface area contributed by atoms with Crippen LogP contribution >= 0.6 is 23.2 Å². The molecule has 1 aromatic carbocycles. The van der Waals surface area contributed by atoms with Crippen molar-refractivity contribution in [2.75, 3.05) is 6.61 Å². The first kappa shape index (κ1) is 11.1. The summed E-state index contributed by atoms with van der Waals surface area (Å²) in [6.45, 7) is 0.243. The van der Waals surface area contributed by atoms with E-state index in [-0.39, 0.29) is 6.61 Å². The minimum absolute atomic E-state index is 0.243. The SMILES string of the molecule is NC(=O)OCCc1ccc(Cl)c(Cl)c1. The number of halogens is 2. The van der Waals surface area contributed by atoms with Crippen LogP contribution in [-0.4, -0.2) is 12.7 Å². The zero-order valence-electron chi connectivity index (χ0n) is 7.30. The topological polar surface area (TPSA) is 52.3 Å².